The Hall–Kier alpha value is -3.14. The normalized spacial score (nSPS) is 15.7. The second-order valence-electron chi connectivity index (χ2n) is 8.64. The fraction of sp³-hybridized carbons (Fsp3) is 0.280. The predicted octanol–water partition coefficient (Wildman–Crippen LogP) is 3.68. The van der Waals surface area contributed by atoms with Gasteiger partial charge in [-0.15, -0.1) is 0 Å². The van der Waals surface area contributed by atoms with Crippen LogP contribution in [0.25, 0.3) is 16.9 Å². The number of fused-ring (bicyclic) bond motifs is 1. The summed E-state index contributed by atoms with van der Waals surface area (Å²) in [7, 11) is -3.55. The first-order valence-corrected chi connectivity index (χ1v) is 12.6. The van der Waals surface area contributed by atoms with Gasteiger partial charge in [0.05, 0.1) is 17.1 Å². The maximum Gasteiger partial charge on any atom is 0.243 e. The van der Waals surface area contributed by atoms with E-state index in [1.54, 1.807) is 22.6 Å². The van der Waals surface area contributed by atoms with Gasteiger partial charge in [0.1, 0.15) is 17.2 Å². The molecule has 9 heteroatoms. The van der Waals surface area contributed by atoms with E-state index in [2.05, 4.69) is 9.88 Å². The number of benzene rings is 2. The quantitative estimate of drug-likeness (QED) is 0.437. The van der Waals surface area contributed by atoms with Gasteiger partial charge in [0.2, 0.25) is 10.0 Å². The Morgan fingerprint density at radius 1 is 0.971 bits per heavy atom. The van der Waals surface area contributed by atoms with Crippen LogP contribution in [0.15, 0.2) is 65.7 Å². The van der Waals surface area contributed by atoms with Crippen molar-refractivity contribution >= 4 is 21.2 Å². The van der Waals surface area contributed by atoms with Crippen molar-refractivity contribution in [1.29, 1.82) is 0 Å². The lowest BCUT2D eigenvalue weighted by Gasteiger charge is -2.34. The van der Waals surface area contributed by atoms with Gasteiger partial charge in [0, 0.05) is 32.4 Å². The zero-order chi connectivity index (χ0) is 23.9. The summed E-state index contributed by atoms with van der Waals surface area (Å²) in [4.78, 5) is 11.8. The Morgan fingerprint density at radius 2 is 1.76 bits per heavy atom. The highest BCUT2D eigenvalue weighted by Gasteiger charge is 2.30. The van der Waals surface area contributed by atoms with Crippen LogP contribution in [0.3, 0.4) is 0 Å². The van der Waals surface area contributed by atoms with Crippen LogP contribution in [0, 0.1) is 19.7 Å². The molecule has 3 heterocycles. The highest BCUT2D eigenvalue weighted by atomic mass is 32.2. The number of aryl methyl sites for hydroxylation is 2. The standard InChI is InChI=1S/C25H26FN5O2S/c1-18-8-9-23(19(2)15-18)34(32,33)30-13-11-29(12-14-30)17-24-28-22-7-4-10-27-25(22)31(24)21-6-3-5-20(26)16-21/h3-10,15-16H,11-14,17H2,1-2H3. The molecule has 0 saturated carbocycles. The van der Waals surface area contributed by atoms with E-state index in [-0.39, 0.29) is 5.82 Å². The Labute approximate surface area is 198 Å². The number of halogens is 1. The first-order valence-electron chi connectivity index (χ1n) is 11.2. The summed E-state index contributed by atoms with van der Waals surface area (Å²) in [6.45, 7) is 6.23. The van der Waals surface area contributed by atoms with Gasteiger partial charge in [-0.2, -0.15) is 4.31 Å². The number of sulfonamides is 1. The average molecular weight is 480 g/mol. The first kappa shape index (κ1) is 22.6. The zero-order valence-corrected chi connectivity index (χ0v) is 20.0. The first-order chi connectivity index (χ1) is 16.3. The molecule has 7 nitrogen and oxygen atoms in total. The van der Waals surface area contributed by atoms with Crippen molar-refractivity contribution in [2.45, 2.75) is 25.3 Å². The molecular formula is C25H26FN5O2S. The molecule has 2 aromatic carbocycles. The third kappa shape index (κ3) is 4.22. The summed E-state index contributed by atoms with van der Waals surface area (Å²) in [5.74, 6) is 0.413. The summed E-state index contributed by atoms with van der Waals surface area (Å²) in [5.41, 5.74) is 3.86. The van der Waals surface area contributed by atoms with Gasteiger partial charge in [-0.1, -0.05) is 23.8 Å². The SMILES string of the molecule is Cc1ccc(S(=O)(=O)N2CCN(Cc3nc4cccnc4n3-c3cccc(F)c3)CC2)c(C)c1. The van der Waals surface area contributed by atoms with E-state index < -0.39 is 10.0 Å². The van der Waals surface area contributed by atoms with Crippen LogP contribution in [-0.2, 0) is 16.6 Å². The number of pyridine rings is 1. The van der Waals surface area contributed by atoms with Gasteiger partial charge in [0.15, 0.2) is 5.65 Å². The number of hydrogen-bond donors (Lipinski definition) is 0. The van der Waals surface area contributed by atoms with Crippen molar-refractivity contribution in [3.63, 3.8) is 0 Å². The van der Waals surface area contributed by atoms with E-state index in [1.807, 2.05) is 48.7 Å². The number of aromatic nitrogens is 3. The van der Waals surface area contributed by atoms with Crippen molar-refractivity contribution in [1.82, 2.24) is 23.7 Å². The molecule has 1 aliphatic heterocycles. The van der Waals surface area contributed by atoms with E-state index in [0.29, 0.717) is 49.0 Å². The summed E-state index contributed by atoms with van der Waals surface area (Å²) < 4.78 is 43.8. The molecule has 2 aromatic heterocycles. The van der Waals surface area contributed by atoms with Crippen LogP contribution in [0.4, 0.5) is 4.39 Å². The lowest BCUT2D eigenvalue weighted by Crippen LogP contribution is -2.48. The fourth-order valence-electron chi connectivity index (χ4n) is 4.51. The van der Waals surface area contributed by atoms with Crippen molar-refractivity contribution in [3.8, 4) is 5.69 Å². The summed E-state index contributed by atoms with van der Waals surface area (Å²) >= 11 is 0. The third-order valence-electron chi connectivity index (χ3n) is 6.20. The highest BCUT2D eigenvalue weighted by Crippen LogP contribution is 2.24. The van der Waals surface area contributed by atoms with Crippen LogP contribution in [0.1, 0.15) is 17.0 Å². The number of piperazine rings is 1. The number of imidazole rings is 1. The van der Waals surface area contributed by atoms with Gasteiger partial charge < -0.3 is 0 Å². The molecule has 0 bridgehead atoms. The van der Waals surface area contributed by atoms with E-state index in [4.69, 9.17) is 4.98 Å². The Kier molecular flexibility index (Phi) is 5.93. The minimum Gasteiger partial charge on any atom is -0.293 e. The van der Waals surface area contributed by atoms with Crippen LogP contribution < -0.4 is 0 Å². The smallest absolute Gasteiger partial charge is 0.243 e. The molecule has 1 aliphatic rings. The molecule has 1 fully saturated rings. The number of rotatable bonds is 5. The minimum atomic E-state index is -3.55. The van der Waals surface area contributed by atoms with Crippen LogP contribution >= 0.6 is 0 Å². The molecule has 4 aromatic rings. The lowest BCUT2D eigenvalue weighted by atomic mass is 10.2. The molecule has 1 saturated heterocycles. The number of hydrogen-bond acceptors (Lipinski definition) is 5. The second-order valence-corrected chi connectivity index (χ2v) is 10.5. The molecular weight excluding hydrogens is 453 g/mol. The van der Waals surface area contributed by atoms with Crippen molar-refractivity contribution in [2.75, 3.05) is 26.2 Å². The summed E-state index contributed by atoms with van der Waals surface area (Å²) in [5, 5.41) is 0. The lowest BCUT2D eigenvalue weighted by molar-refractivity contribution is 0.177. The van der Waals surface area contributed by atoms with Crippen LogP contribution in [0.5, 0.6) is 0 Å². The molecule has 0 amide bonds. The molecule has 0 unspecified atom stereocenters. The van der Waals surface area contributed by atoms with E-state index >= 15 is 0 Å². The molecule has 5 rings (SSSR count). The second kappa shape index (κ2) is 8.90. The van der Waals surface area contributed by atoms with Crippen molar-refractivity contribution in [2.24, 2.45) is 0 Å². The van der Waals surface area contributed by atoms with Gasteiger partial charge in [-0.3, -0.25) is 9.47 Å². The Bertz CT molecular complexity index is 1460. The van der Waals surface area contributed by atoms with Crippen LogP contribution in [0.2, 0.25) is 0 Å². The van der Waals surface area contributed by atoms with Crippen molar-refractivity contribution < 1.29 is 12.8 Å². The Balaban J connectivity index is 1.37. The molecule has 0 aliphatic carbocycles. The van der Waals surface area contributed by atoms with Crippen molar-refractivity contribution in [3.05, 3.63) is 83.6 Å². The van der Waals surface area contributed by atoms with Gasteiger partial charge in [-0.05, 0) is 55.8 Å². The van der Waals surface area contributed by atoms with Gasteiger partial charge >= 0.3 is 0 Å². The molecule has 0 spiro atoms. The van der Waals surface area contributed by atoms with E-state index in [9.17, 15) is 12.8 Å². The number of nitrogens with zero attached hydrogens (tertiary/aromatic N) is 5. The maximum atomic E-state index is 14.0. The topological polar surface area (TPSA) is 71.3 Å². The Morgan fingerprint density at radius 3 is 2.50 bits per heavy atom. The predicted molar refractivity (Wildman–Crippen MR) is 129 cm³/mol. The maximum absolute atomic E-state index is 14.0. The largest absolute Gasteiger partial charge is 0.293 e. The van der Waals surface area contributed by atoms with Gasteiger partial charge in [0.25, 0.3) is 0 Å². The fourth-order valence-corrected chi connectivity index (χ4v) is 6.14. The molecule has 0 radical (unpaired) electrons. The van der Waals surface area contributed by atoms with E-state index in [1.165, 1.54) is 12.1 Å². The molecule has 0 N–H and O–H groups in total. The summed E-state index contributed by atoms with van der Waals surface area (Å²) in [6, 6.07) is 15.5. The summed E-state index contributed by atoms with van der Waals surface area (Å²) in [6.07, 6.45) is 1.69. The highest BCUT2D eigenvalue weighted by molar-refractivity contribution is 7.89. The zero-order valence-electron chi connectivity index (χ0n) is 19.1. The van der Waals surface area contributed by atoms with Crippen LogP contribution in [-0.4, -0.2) is 58.3 Å². The third-order valence-corrected chi connectivity index (χ3v) is 8.26. The monoisotopic (exact) mass is 479 g/mol. The molecule has 176 valence electrons. The average Bonchev–Trinajstić information content (AvgIpc) is 3.17. The molecule has 0 atom stereocenters. The van der Waals surface area contributed by atoms with Gasteiger partial charge in [-0.25, -0.2) is 22.8 Å². The minimum absolute atomic E-state index is 0.327. The molecule has 34 heavy (non-hydrogen) atoms. The van der Waals surface area contributed by atoms with E-state index in [0.717, 1.165) is 22.5 Å².